The molecule has 3 aromatic heterocycles. The van der Waals surface area contributed by atoms with Crippen LogP contribution >= 0.6 is 11.6 Å². The van der Waals surface area contributed by atoms with Crippen molar-refractivity contribution in [3.63, 3.8) is 0 Å². The lowest BCUT2D eigenvalue weighted by atomic mass is 10.0. The van der Waals surface area contributed by atoms with E-state index in [1.165, 1.54) is 24.2 Å². The van der Waals surface area contributed by atoms with Gasteiger partial charge in [0.25, 0.3) is 0 Å². The first-order valence-corrected chi connectivity index (χ1v) is 19.0. The molecule has 0 bridgehead atoms. The molecule has 1 N–H and O–H groups in total. The van der Waals surface area contributed by atoms with Crippen molar-refractivity contribution in [2.24, 2.45) is 0 Å². The standard InChI is InChI=1S/C34H42ClFN6O5Si/c1-19-30(29-20(2)40-46-21(29)3)38-31(39-32(19)42-15-22-12-23(36)14-37-28(22)17-42)26-13-24(10-11-27(26)35)45-18-25(16-41(7)33(43)44)47-48(8,9)34(4,5)6/h10-14,25H,15-18H2,1-9H3,(H,43,44). The Bertz CT molecular complexity index is 1830. The molecule has 1 aliphatic rings. The lowest BCUT2D eigenvalue weighted by Crippen LogP contribution is -2.49. The van der Waals surface area contributed by atoms with Gasteiger partial charge < -0.3 is 28.6 Å². The molecule has 48 heavy (non-hydrogen) atoms. The quantitative estimate of drug-likeness (QED) is 0.164. The lowest BCUT2D eigenvalue weighted by Gasteiger charge is -2.39. The molecule has 4 aromatic rings. The molecule has 1 aliphatic heterocycles. The fraction of sp³-hybridized carbons (Fsp3) is 0.441. The number of benzene rings is 1. The summed E-state index contributed by atoms with van der Waals surface area (Å²) in [6.07, 6.45) is -0.325. The molecule has 0 saturated carbocycles. The van der Waals surface area contributed by atoms with E-state index in [0.29, 0.717) is 58.2 Å². The number of ether oxygens (including phenoxy) is 1. The van der Waals surface area contributed by atoms with Crippen molar-refractivity contribution in [3.8, 4) is 28.4 Å². The molecule has 1 amide bonds. The average Bonchev–Trinajstić information content (AvgIpc) is 3.57. The van der Waals surface area contributed by atoms with Crippen molar-refractivity contribution in [1.82, 2.24) is 25.0 Å². The summed E-state index contributed by atoms with van der Waals surface area (Å²) < 4.78 is 32.4. The third-order valence-corrected chi connectivity index (χ3v) is 14.0. The summed E-state index contributed by atoms with van der Waals surface area (Å²) in [5, 5.41) is 14.0. The Hall–Kier alpha value is -4.07. The number of amides is 1. The molecule has 0 radical (unpaired) electrons. The Morgan fingerprint density at radius 1 is 1.19 bits per heavy atom. The zero-order valence-corrected chi connectivity index (χ0v) is 30.6. The van der Waals surface area contributed by atoms with E-state index >= 15 is 0 Å². The molecule has 0 spiro atoms. The number of anilines is 1. The summed E-state index contributed by atoms with van der Waals surface area (Å²) in [6, 6.07) is 6.74. The van der Waals surface area contributed by atoms with Crippen molar-refractivity contribution in [2.45, 2.75) is 78.9 Å². The molecule has 0 aliphatic carbocycles. The van der Waals surface area contributed by atoms with Gasteiger partial charge in [-0.1, -0.05) is 37.5 Å². The summed E-state index contributed by atoms with van der Waals surface area (Å²) in [4.78, 5) is 29.2. The molecule has 4 heterocycles. The van der Waals surface area contributed by atoms with Gasteiger partial charge in [0.15, 0.2) is 14.1 Å². The van der Waals surface area contributed by atoms with Gasteiger partial charge >= 0.3 is 6.09 Å². The fourth-order valence-electron chi connectivity index (χ4n) is 5.43. The highest BCUT2D eigenvalue weighted by Crippen LogP contribution is 2.40. The zero-order chi connectivity index (χ0) is 35.1. The number of carboxylic acid groups (broad SMARTS) is 1. The number of rotatable bonds is 10. The molecule has 1 atom stereocenters. The van der Waals surface area contributed by atoms with Gasteiger partial charge in [0.05, 0.1) is 53.1 Å². The molecule has 11 nitrogen and oxygen atoms in total. The van der Waals surface area contributed by atoms with Gasteiger partial charge in [-0.2, -0.15) is 0 Å². The summed E-state index contributed by atoms with van der Waals surface area (Å²) in [7, 11) is -0.744. The first-order chi connectivity index (χ1) is 22.4. The summed E-state index contributed by atoms with van der Waals surface area (Å²) in [6.45, 7) is 17.4. The van der Waals surface area contributed by atoms with Gasteiger partial charge in [-0.15, -0.1) is 0 Å². The number of hydrogen-bond acceptors (Lipinski definition) is 9. The maximum atomic E-state index is 14.0. The van der Waals surface area contributed by atoms with Crippen LogP contribution in [0, 0.1) is 26.6 Å². The molecule has 1 aromatic carbocycles. The van der Waals surface area contributed by atoms with Gasteiger partial charge in [0.2, 0.25) is 0 Å². The molecule has 0 saturated heterocycles. The number of likely N-dealkylation sites (N-methyl/N-ethyl adjacent to an activating group) is 1. The van der Waals surface area contributed by atoms with Crippen LogP contribution in [0.1, 0.15) is 49.0 Å². The second kappa shape index (κ2) is 13.4. The third-order valence-electron chi connectivity index (χ3n) is 9.10. The Kier molecular flexibility index (Phi) is 9.87. The summed E-state index contributed by atoms with van der Waals surface area (Å²) in [5.74, 6) is 1.73. The van der Waals surface area contributed by atoms with E-state index in [1.807, 2.05) is 25.7 Å². The molecule has 14 heteroatoms. The molecule has 256 valence electrons. The van der Waals surface area contributed by atoms with Crippen LogP contribution in [0.25, 0.3) is 22.6 Å². The van der Waals surface area contributed by atoms with Crippen LogP contribution in [0.3, 0.4) is 0 Å². The SMILES string of the molecule is Cc1noc(C)c1-c1nc(-c2cc(OCC(CN(C)C(=O)O)O[Si](C)(C)C(C)(C)C)ccc2Cl)nc(N2Cc3cc(F)cnc3C2)c1C. The molecular weight excluding hydrogens is 655 g/mol. The predicted molar refractivity (Wildman–Crippen MR) is 184 cm³/mol. The Balaban J connectivity index is 1.52. The smallest absolute Gasteiger partial charge is 0.407 e. The van der Waals surface area contributed by atoms with E-state index in [4.69, 9.17) is 35.3 Å². The normalized spacial score (nSPS) is 13.9. The van der Waals surface area contributed by atoms with Gasteiger partial charge in [-0.05, 0) is 68.7 Å². The number of halogens is 2. The monoisotopic (exact) mass is 696 g/mol. The van der Waals surface area contributed by atoms with E-state index in [9.17, 15) is 14.3 Å². The fourth-order valence-corrected chi connectivity index (χ4v) is 6.97. The number of nitrogens with zero attached hydrogens (tertiary/aromatic N) is 6. The number of aromatic nitrogens is 4. The molecule has 0 fully saturated rings. The minimum absolute atomic E-state index is 0.0825. The largest absolute Gasteiger partial charge is 0.491 e. The van der Waals surface area contributed by atoms with Crippen LogP contribution in [0.15, 0.2) is 35.0 Å². The van der Waals surface area contributed by atoms with Crippen LogP contribution < -0.4 is 9.64 Å². The van der Waals surface area contributed by atoms with Gasteiger partial charge in [-0.25, -0.2) is 19.2 Å². The zero-order valence-electron chi connectivity index (χ0n) is 28.8. The first kappa shape index (κ1) is 35.2. The summed E-state index contributed by atoms with van der Waals surface area (Å²) in [5.41, 5.74) is 5.00. The number of pyridine rings is 1. The summed E-state index contributed by atoms with van der Waals surface area (Å²) >= 11 is 6.79. The van der Waals surface area contributed by atoms with E-state index in [0.717, 1.165) is 22.4 Å². The van der Waals surface area contributed by atoms with Gasteiger partial charge in [0, 0.05) is 24.7 Å². The first-order valence-electron chi connectivity index (χ1n) is 15.7. The second-order valence-electron chi connectivity index (χ2n) is 13.8. The third kappa shape index (κ3) is 7.32. The maximum Gasteiger partial charge on any atom is 0.407 e. The molecular formula is C34H42ClFN6O5Si. The van der Waals surface area contributed by atoms with Gasteiger partial charge in [0.1, 0.15) is 29.8 Å². The highest BCUT2D eigenvalue weighted by Gasteiger charge is 2.40. The van der Waals surface area contributed by atoms with Crippen LogP contribution in [0.2, 0.25) is 23.2 Å². The van der Waals surface area contributed by atoms with Crippen molar-refractivity contribution < 1.29 is 28.0 Å². The number of fused-ring (bicyclic) bond motifs is 1. The number of hydrogen-bond donors (Lipinski definition) is 1. The minimum Gasteiger partial charge on any atom is -0.491 e. The van der Waals surface area contributed by atoms with Crippen molar-refractivity contribution in [1.29, 1.82) is 0 Å². The number of carbonyl (C=O) groups is 1. The Labute approximate surface area is 286 Å². The van der Waals surface area contributed by atoms with Crippen molar-refractivity contribution in [3.05, 3.63) is 69.6 Å². The van der Waals surface area contributed by atoms with Crippen LogP contribution in [-0.2, 0) is 17.5 Å². The van der Waals surface area contributed by atoms with Crippen LogP contribution in [0.4, 0.5) is 15.0 Å². The minimum atomic E-state index is -2.26. The maximum absolute atomic E-state index is 14.0. The average molecular weight is 697 g/mol. The molecule has 1 unspecified atom stereocenters. The number of aryl methyl sites for hydroxylation is 2. The second-order valence-corrected chi connectivity index (χ2v) is 18.9. The highest BCUT2D eigenvalue weighted by atomic mass is 35.5. The molecule has 5 rings (SSSR count). The van der Waals surface area contributed by atoms with Crippen LogP contribution in [0.5, 0.6) is 5.75 Å². The van der Waals surface area contributed by atoms with Gasteiger partial charge in [-0.3, -0.25) is 4.98 Å². The Morgan fingerprint density at radius 3 is 2.56 bits per heavy atom. The van der Waals surface area contributed by atoms with Crippen molar-refractivity contribution >= 4 is 31.8 Å². The highest BCUT2D eigenvalue weighted by molar-refractivity contribution is 6.74. The predicted octanol–water partition coefficient (Wildman–Crippen LogP) is 7.81. The van der Waals surface area contributed by atoms with Crippen molar-refractivity contribution in [2.75, 3.05) is 25.1 Å². The topological polar surface area (TPSA) is 127 Å². The van der Waals surface area contributed by atoms with E-state index in [-0.39, 0.29) is 24.0 Å². The lowest BCUT2D eigenvalue weighted by molar-refractivity contribution is 0.0794. The van der Waals surface area contributed by atoms with E-state index in [1.54, 1.807) is 18.2 Å². The van der Waals surface area contributed by atoms with E-state index in [2.05, 4.69) is 44.0 Å². The van der Waals surface area contributed by atoms with Crippen LogP contribution in [-0.4, -0.2) is 70.8 Å². The Morgan fingerprint density at radius 2 is 1.92 bits per heavy atom. The van der Waals surface area contributed by atoms with E-state index < -0.39 is 20.5 Å².